The summed E-state index contributed by atoms with van der Waals surface area (Å²) in [5.41, 5.74) is -0.302. The predicted molar refractivity (Wildman–Crippen MR) is 83.3 cm³/mol. The lowest BCUT2D eigenvalue weighted by Crippen LogP contribution is -2.14. The largest absolute Gasteiger partial charge is 0.345 e. The highest BCUT2D eigenvalue weighted by Gasteiger charge is 2.22. The lowest BCUT2D eigenvalue weighted by atomic mass is 10.3. The van der Waals surface area contributed by atoms with Crippen molar-refractivity contribution in [3.8, 4) is 0 Å². The van der Waals surface area contributed by atoms with Gasteiger partial charge in [0, 0.05) is 17.6 Å². The molecule has 0 bridgehead atoms. The first kappa shape index (κ1) is 16.0. The van der Waals surface area contributed by atoms with Crippen LogP contribution in [0.1, 0.15) is 0 Å². The van der Waals surface area contributed by atoms with E-state index in [9.17, 15) is 17.2 Å². The van der Waals surface area contributed by atoms with E-state index in [-0.39, 0.29) is 21.1 Å². The van der Waals surface area contributed by atoms with E-state index in [1.54, 1.807) is 0 Å². The zero-order valence-corrected chi connectivity index (χ0v) is 13.4. The number of hydrogen-bond donors (Lipinski definition) is 2. The van der Waals surface area contributed by atoms with Gasteiger partial charge in [0.05, 0.1) is 10.7 Å². The molecule has 0 spiro atoms. The highest BCUT2D eigenvalue weighted by Crippen LogP contribution is 2.28. The SMILES string of the molecule is O=S(=O)(Nc1cc(F)c(Cl)cc1F)c1c[nH]c2nc(Cl)ccc12. The fourth-order valence-electron chi connectivity index (χ4n) is 1.98. The van der Waals surface area contributed by atoms with Gasteiger partial charge in [-0.1, -0.05) is 23.2 Å². The fraction of sp³-hybridized carbons (Fsp3) is 0. The Bertz CT molecular complexity index is 1020. The molecular formula is C13H7Cl2F2N3O2S. The molecule has 0 aliphatic carbocycles. The van der Waals surface area contributed by atoms with Crippen LogP contribution in [-0.4, -0.2) is 18.4 Å². The molecule has 0 radical (unpaired) electrons. The van der Waals surface area contributed by atoms with Gasteiger partial charge in [-0.25, -0.2) is 22.2 Å². The van der Waals surface area contributed by atoms with Crippen LogP contribution in [0.5, 0.6) is 0 Å². The number of aromatic amines is 1. The number of fused-ring (bicyclic) bond motifs is 1. The predicted octanol–water partition coefficient (Wildman–Crippen LogP) is 3.95. The third-order valence-corrected chi connectivity index (χ3v) is 4.92. The zero-order chi connectivity index (χ0) is 16.8. The van der Waals surface area contributed by atoms with E-state index in [4.69, 9.17) is 23.2 Å². The van der Waals surface area contributed by atoms with Crippen molar-refractivity contribution in [2.45, 2.75) is 4.90 Å². The van der Waals surface area contributed by atoms with Gasteiger partial charge < -0.3 is 4.98 Å². The molecule has 3 rings (SSSR count). The van der Waals surface area contributed by atoms with Gasteiger partial charge >= 0.3 is 0 Å². The fourth-order valence-corrected chi connectivity index (χ4v) is 3.50. The molecule has 120 valence electrons. The van der Waals surface area contributed by atoms with Gasteiger partial charge in [0.2, 0.25) is 0 Å². The van der Waals surface area contributed by atoms with Gasteiger partial charge in [0.1, 0.15) is 27.3 Å². The molecule has 2 aromatic heterocycles. The van der Waals surface area contributed by atoms with E-state index >= 15 is 0 Å². The summed E-state index contributed by atoms with van der Waals surface area (Å²) in [6.45, 7) is 0. The third kappa shape index (κ3) is 2.97. The Morgan fingerprint density at radius 1 is 1.13 bits per heavy atom. The van der Waals surface area contributed by atoms with Crippen molar-refractivity contribution >= 4 is 49.9 Å². The van der Waals surface area contributed by atoms with Crippen LogP contribution in [0.3, 0.4) is 0 Å². The molecule has 0 unspecified atom stereocenters. The Balaban J connectivity index is 2.06. The first-order valence-electron chi connectivity index (χ1n) is 6.09. The summed E-state index contributed by atoms with van der Waals surface area (Å²) >= 11 is 11.2. The molecule has 0 saturated heterocycles. The minimum absolute atomic E-state index is 0.175. The first-order valence-corrected chi connectivity index (χ1v) is 8.33. The number of anilines is 1. The van der Waals surface area contributed by atoms with E-state index in [1.807, 2.05) is 4.72 Å². The Kier molecular flexibility index (Phi) is 3.91. The smallest absolute Gasteiger partial charge is 0.264 e. The topological polar surface area (TPSA) is 74.8 Å². The molecule has 0 fully saturated rings. The normalized spacial score (nSPS) is 11.8. The number of H-pyrrole nitrogens is 1. The van der Waals surface area contributed by atoms with Crippen LogP contribution in [-0.2, 0) is 10.0 Å². The molecule has 0 aliphatic rings. The molecule has 0 saturated carbocycles. The van der Waals surface area contributed by atoms with Crippen LogP contribution in [0.4, 0.5) is 14.5 Å². The highest BCUT2D eigenvalue weighted by atomic mass is 35.5. The Hall–Kier alpha value is -1.90. The molecule has 3 aromatic rings. The summed E-state index contributed by atoms with van der Waals surface area (Å²) in [6, 6.07) is 4.22. The molecule has 0 aliphatic heterocycles. The van der Waals surface area contributed by atoms with E-state index in [0.29, 0.717) is 12.1 Å². The Morgan fingerprint density at radius 3 is 2.61 bits per heavy atom. The van der Waals surface area contributed by atoms with Crippen molar-refractivity contribution in [2.24, 2.45) is 0 Å². The molecule has 1 aromatic carbocycles. The number of nitrogens with one attached hydrogen (secondary N) is 2. The monoisotopic (exact) mass is 377 g/mol. The van der Waals surface area contributed by atoms with Gasteiger partial charge in [-0.2, -0.15) is 0 Å². The molecular weight excluding hydrogens is 371 g/mol. The summed E-state index contributed by atoms with van der Waals surface area (Å²) in [7, 11) is -4.18. The summed E-state index contributed by atoms with van der Waals surface area (Å²) in [5.74, 6) is -1.95. The second-order valence-corrected chi connectivity index (χ2v) is 6.98. The highest BCUT2D eigenvalue weighted by molar-refractivity contribution is 7.93. The lowest BCUT2D eigenvalue weighted by molar-refractivity contribution is 0.595. The standard InChI is InChI=1S/C13H7Cl2F2N3O2S/c14-7-3-9(17)10(4-8(7)16)20-23(21,22)11-5-18-13-6(11)1-2-12(15)19-13/h1-5,20H,(H,18,19). The molecule has 23 heavy (non-hydrogen) atoms. The van der Waals surface area contributed by atoms with Crippen molar-refractivity contribution in [1.29, 1.82) is 0 Å². The summed E-state index contributed by atoms with van der Waals surface area (Å²) in [4.78, 5) is 6.40. The van der Waals surface area contributed by atoms with E-state index in [1.165, 1.54) is 18.3 Å². The number of halogens is 4. The van der Waals surface area contributed by atoms with Gasteiger partial charge in [0.15, 0.2) is 0 Å². The molecule has 2 N–H and O–H groups in total. The minimum atomic E-state index is -4.18. The Labute approximate surface area is 139 Å². The van der Waals surface area contributed by atoms with Crippen LogP contribution in [0.25, 0.3) is 11.0 Å². The number of aromatic nitrogens is 2. The van der Waals surface area contributed by atoms with Crippen molar-refractivity contribution in [1.82, 2.24) is 9.97 Å². The van der Waals surface area contributed by atoms with Crippen LogP contribution >= 0.6 is 23.2 Å². The maximum Gasteiger partial charge on any atom is 0.264 e. The average Bonchev–Trinajstić information content (AvgIpc) is 2.88. The zero-order valence-electron chi connectivity index (χ0n) is 11.1. The summed E-state index contributed by atoms with van der Waals surface area (Å²) in [6.07, 6.45) is 1.18. The number of sulfonamides is 1. The molecule has 0 atom stereocenters. The third-order valence-electron chi connectivity index (χ3n) is 3.01. The Morgan fingerprint density at radius 2 is 1.87 bits per heavy atom. The summed E-state index contributed by atoms with van der Waals surface area (Å²) in [5, 5.41) is -0.00444. The maximum atomic E-state index is 13.8. The second kappa shape index (κ2) is 5.63. The van der Waals surface area contributed by atoms with E-state index in [2.05, 4.69) is 9.97 Å². The van der Waals surface area contributed by atoms with Gasteiger partial charge in [0.25, 0.3) is 10.0 Å². The van der Waals surface area contributed by atoms with Crippen molar-refractivity contribution in [3.05, 3.63) is 52.3 Å². The van der Waals surface area contributed by atoms with E-state index < -0.39 is 32.4 Å². The van der Waals surface area contributed by atoms with Gasteiger partial charge in [-0.05, 0) is 18.2 Å². The van der Waals surface area contributed by atoms with Crippen molar-refractivity contribution in [3.63, 3.8) is 0 Å². The number of rotatable bonds is 3. The van der Waals surface area contributed by atoms with Crippen LogP contribution in [0.2, 0.25) is 10.2 Å². The average molecular weight is 378 g/mol. The van der Waals surface area contributed by atoms with Gasteiger partial charge in [-0.15, -0.1) is 0 Å². The maximum absolute atomic E-state index is 13.8. The van der Waals surface area contributed by atoms with Gasteiger partial charge in [-0.3, -0.25) is 4.72 Å². The first-order chi connectivity index (χ1) is 10.8. The van der Waals surface area contributed by atoms with E-state index in [0.717, 1.165) is 0 Å². The van der Waals surface area contributed by atoms with Crippen LogP contribution < -0.4 is 4.72 Å². The molecule has 10 heteroatoms. The second-order valence-electron chi connectivity index (χ2n) is 4.53. The van der Waals surface area contributed by atoms with Crippen LogP contribution in [0.15, 0.2) is 35.4 Å². The minimum Gasteiger partial charge on any atom is -0.345 e. The summed E-state index contributed by atoms with van der Waals surface area (Å²) < 4.78 is 53.9. The number of benzene rings is 1. The quantitative estimate of drug-likeness (QED) is 0.535. The van der Waals surface area contributed by atoms with Crippen LogP contribution in [0, 0.1) is 11.6 Å². The van der Waals surface area contributed by atoms with Crippen molar-refractivity contribution in [2.75, 3.05) is 4.72 Å². The molecule has 5 nitrogen and oxygen atoms in total. The lowest BCUT2D eigenvalue weighted by Gasteiger charge is -2.09. The number of hydrogen-bond acceptors (Lipinski definition) is 3. The number of nitrogens with zero attached hydrogens (tertiary/aromatic N) is 1. The van der Waals surface area contributed by atoms with Crippen molar-refractivity contribution < 1.29 is 17.2 Å². The molecule has 0 amide bonds. The molecule has 2 heterocycles. The number of pyridine rings is 1.